The van der Waals surface area contributed by atoms with Crippen molar-refractivity contribution in [3.63, 3.8) is 0 Å². The Bertz CT molecular complexity index is 883. The zero-order chi connectivity index (χ0) is 20.1. The van der Waals surface area contributed by atoms with Crippen LogP contribution in [0.5, 0.6) is 0 Å². The Morgan fingerprint density at radius 2 is 2.00 bits per heavy atom. The normalized spacial score (nSPS) is 18.8. The van der Waals surface area contributed by atoms with E-state index < -0.39 is 29.7 Å². The van der Waals surface area contributed by atoms with Gasteiger partial charge in [-0.05, 0) is 17.5 Å². The third-order valence-corrected chi connectivity index (χ3v) is 4.88. The number of halogens is 2. The third kappa shape index (κ3) is 4.35. The highest BCUT2D eigenvalue weighted by atomic mass is 19.2. The van der Waals surface area contributed by atoms with E-state index in [2.05, 4.69) is 6.07 Å². The molecule has 7 heteroatoms. The maximum atomic E-state index is 14.7. The summed E-state index contributed by atoms with van der Waals surface area (Å²) in [5.74, 6) is -2.50. The van der Waals surface area contributed by atoms with Crippen molar-refractivity contribution >= 4 is 5.91 Å². The van der Waals surface area contributed by atoms with Crippen LogP contribution in [0.15, 0.2) is 42.5 Å². The van der Waals surface area contributed by atoms with Gasteiger partial charge in [0.15, 0.2) is 11.6 Å². The van der Waals surface area contributed by atoms with E-state index in [0.29, 0.717) is 25.1 Å². The number of amides is 1. The first-order chi connectivity index (χ1) is 13.5. The number of hydrogen-bond acceptors (Lipinski definition) is 4. The molecule has 1 saturated heterocycles. The number of ether oxygens (including phenoxy) is 1. The van der Waals surface area contributed by atoms with Crippen molar-refractivity contribution in [3.05, 3.63) is 59.7 Å². The highest BCUT2D eigenvalue weighted by Crippen LogP contribution is 2.27. The van der Waals surface area contributed by atoms with E-state index in [1.54, 1.807) is 35.2 Å². The molecule has 0 unspecified atom stereocenters. The Kier molecular flexibility index (Phi) is 6.34. The summed E-state index contributed by atoms with van der Waals surface area (Å²) >= 11 is 0. The number of benzene rings is 2. The first-order valence-corrected chi connectivity index (χ1v) is 9.08. The molecule has 1 fully saturated rings. The fraction of sp³-hybridized carbons (Fsp3) is 0.333. The summed E-state index contributed by atoms with van der Waals surface area (Å²) in [4.78, 5) is 13.2. The molecule has 1 heterocycles. The molecule has 0 radical (unpaired) electrons. The smallest absolute Gasteiger partial charge is 0.247 e. The van der Waals surface area contributed by atoms with Crippen molar-refractivity contribution in [3.8, 4) is 17.2 Å². The van der Waals surface area contributed by atoms with E-state index in [0.717, 1.165) is 0 Å². The summed E-state index contributed by atoms with van der Waals surface area (Å²) in [5.41, 5.74) is 6.19. The molecule has 0 aromatic heterocycles. The van der Waals surface area contributed by atoms with Gasteiger partial charge in [-0.15, -0.1) is 0 Å². The van der Waals surface area contributed by atoms with Crippen LogP contribution in [0.1, 0.15) is 12.0 Å². The molecule has 0 bridgehead atoms. The summed E-state index contributed by atoms with van der Waals surface area (Å²) < 4.78 is 34.7. The number of primary amides is 1. The Morgan fingerprint density at radius 3 is 2.68 bits per heavy atom. The van der Waals surface area contributed by atoms with Crippen LogP contribution in [0, 0.1) is 23.0 Å². The van der Waals surface area contributed by atoms with E-state index >= 15 is 0 Å². The molecule has 1 amide bonds. The third-order valence-electron chi connectivity index (χ3n) is 4.88. The molecule has 0 aliphatic carbocycles. The summed E-state index contributed by atoms with van der Waals surface area (Å²) in [6, 6.07) is 13.2. The van der Waals surface area contributed by atoms with Crippen molar-refractivity contribution in [1.82, 2.24) is 4.90 Å². The Balaban J connectivity index is 1.82. The van der Waals surface area contributed by atoms with Crippen molar-refractivity contribution in [2.45, 2.75) is 25.0 Å². The lowest BCUT2D eigenvalue weighted by atomic mass is 9.98. The number of hydrogen-bond donors (Lipinski definition) is 1. The van der Waals surface area contributed by atoms with E-state index in [9.17, 15) is 18.8 Å². The topological polar surface area (TPSA) is 79.3 Å². The van der Waals surface area contributed by atoms with E-state index in [4.69, 9.17) is 10.5 Å². The Hall–Kier alpha value is -2.82. The first-order valence-electron chi connectivity index (χ1n) is 9.08. The number of nitrogens with zero attached hydrogens (tertiary/aromatic N) is 2. The SMILES string of the molecule is N#C[C@H](Cc1ccc(-c2ccccc2)c(F)c1F)N1CCCO[C@H](C(N)=O)C1. The lowest BCUT2D eigenvalue weighted by Gasteiger charge is -2.27. The van der Waals surface area contributed by atoms with Crippen molar-refractivity contribution in [2.75, 3.05) is 19.7 Å². The summed E-state index contributed by atoms with van der Waals surface area (Å²) in [5, 5.41) is 9.58. The minimum atomic E-state index is -0.959. The predicted molar refractivity (Wildman–Crippen MR) is 100 cm³/mol. The van der Waals surface area contributed by atoms with Crippen LogP contribution in [0.3, 0.4) is 0 Å². The quantitative estimate of drug-likeness (QED) is 0.858. The van der Waals surface area contributed by atoms with Crippen LogP contribution in [0.25, 0.3) is 11.1 Å². The van der Waals surface area contributed by atoms with E-state index in [-0.39, 0.29) is 24.1 Å². The highest BCUT2D eigenvalue weighted by Gasteiger charge is 2.29. The zero-order valence-electron chi connectivity index (χ0n) is 15.3. The van der Waals surface area contributed by atoms with Crippen LogP contribution in [0.4, 0.5) is 8.78 Å². The lowest BCUT2D eigenvalue weighted by molar-refractivity contribution is -0.129. The van der Waals surface area contributed by atoms with Crippen molar-refractivity contribution in [1.29, 1.82) is 5.26 Å². The highest BCUT2D eigenvalue weighted by molar-refractivity contribution is 5.79. The molecule has 0 spiro atoms. The summed E-state index contributed by atoms with van der Waals surface area (Å²) in [6.07, 6.45) is -0.202. The van der Waals surface area contributed by atoms with Gasteiger partial charge in [-0.25, -0.2) is 8.78 Å². The second-order valence-electron chi connectivity index (χ2n) is 6.73. The fourth-order valence-corrected chi connectivity index (χ4v) is 3.36. The van der Waals surface area contributed by atoms with Gasteiger partial charge in [-0.3, -0.25) is 9.69 Å². The minimum absolute atomic E-state index is 0.000194. The average molecular weight is 385 g/mol. The molecular formula is C21H21F2N3O2. The molecule has 1 aliphatic rings. The van der Waals surface area contributed by atoms with Gasteiger partial charge >= 0.3 is 0 Å². The zero-order valence-corrected chi connectivity index (χ0v) is 15.3. The number of carbonyl (C=O) groups excluding carboxylic acids is 1. The molecule has 28 heavy (non-hydrogen) atoms. The summed E-state index contributed by atoms with van der Waals surface area (Å²) in [7, 11) is 0. The number of rotatable bonds is 5. The van der Waals surface area contributed by atoms with E-state index in [1.807, 2.05) is 0 Å². The van der Waals surface area contributed by atoms with Gasteiger partial charge in [0.25, 0.3) is 0 Å². The van der Waals surface area contributed by atoms with Crippen LogP contribution >= 0.6 is 0 Å². The van der Waals surface area contributed by atoms with Crippen molar-refractivity contribution in [2.24, 2.45) is 5.73 Å². The largest absolute Gasteiger partial charge is 0.367 e. The second kappa shape index (κ2) is 8.91. The molecule has 1 aliphatic heterocycles. The molecule has 3 rings (SSSR count). The first kappa shape index (κ1) is 19.9. The van der Waals surface area contributed by atoms with Crippen LogP contribution in [0.2, 0.25) is 0 Å². The molecule has 2 aromatic rings. The fourth-order valence-electron chi connectivity index (χ4n) is 3.36. The van der Waals surface area contributed by atoms with Crippen LogP contribution < -0.4 is 5.73 Å². The number of carbonyl (C=O) groups is 1. The maximum Gasteiger partial charge on any atom is 0.247 e. The summed E-state index contributed by atoms with van der Waals surface area (Å²) in [6.45, 7) is 1.02. The molecular weight excluding hydrogens is 364 g/mol. The number of nitriles is 1. The molecule has 5 nitrogen and oxygen atoms in total. The molecule has 0 saturated carbocycles. The molecule has 2 atom stereocenters. The van der Waals surface area contributed by atoms with Gasteiger partial charge in [0, 0.05) is 31.7 Å². The van der Waals surface area contributed by atoms with Gasteiger partial charge < -0.3 is 10.5 Å². The van der Waals surface area contributed by atoms with Crippen molar-refractivity contribution < 1.29 is 18.3 Å². The van der Waals surface area contributed by atoms with Gasteiger partial charge in [0.1, 0.15) is 12.1 Å². The Morgan fingerprint density at radius 1 is 1.25 bits per heavy atom. The lowest BCUT2D eigenvalue weighted by Crippen LogP contribution is -2.45. The predicted octanol–water partition coefficient (Wildman–Crippen LogP) is 2.64. The standard InChI is InChI=1S/C21H21F2N3O2/c22-19-15(7-8-17(20(19)23)14-5-2-1-3-6-14)11-16(12-24)26-9-4-10-28-18(13-26)21(25)27/h1-3,5-8,16,18H,4,9-11,13H2,(H2,25,27)/t16-,18-/m0/s1. The molecule has 2 N–H and O–H groups in total. The maximum absolute atomic E-state index is 14.7. The van der Waals surface area contributed by atoms with Gasteiger partial charge in [-0.2, -0.15) is 5.26 Å². The van der Waals surface area contributed by atoms with Gasteiger partial charge in [0.2, 0.25) is 5.91 Å². The average Bonchev–Trinajstić information content (AvgIpc) is 2.96. The van der Waals surface area contributed by atoms with Gasteiger partial charge in [-0.1, -0.05) is 42.5 Å². The Labute approximate surface area is 162 Å². The monoisotopic (exact) mass is 385 g/mol. The minimum Gasteiger partial charge on any atom is -0.367 e. The van der Waals surface area contributed by atoms with Crippen LogP contribution in [-0.4, -0.2) is 42.6 Å². The second-order valence-corrected chi connectivity index (χ2v) is 6.73. The van der Waals surface area contributed by atoms with Crippen LogP contribution in [-0.2, 0) is 16.0 Å². The molecule has 2 aromatic carbocycles. The van der Waals surface area contributed by atoms with E-state index in [1.165, 1.54) is 12.1 Å². The molecule has 146 valence electrons. The number of nitrogens with two attached hydrogens (primary N) is 1. The van der Waals surface area contributed by atoms with Gasteiger partial charge in [0.05, 0.1) is 6.07 Å².